The van der Waals surface area contributed by atoms with E-state index < -0.39 is 10.0 Å². The monoisotopic (exact) mass is 364 g/mol. The summed E-state index contributed by atoms with van der Waals surface area (Å²) in [5.41, 5.74) is 1.37. The Morgan fingerprint density at radius 2 is 1.68 bits per heavy atom. The molecule has 1 amide bonds. The second-order valence-electron chi connectivity index (χ2n) is 7.49. The fourth-order valence-corrected chi connectivity index (χ4v) is 4.89. The predicted octanol–water partition coefficient (Wildman–Crippen LogP) is 2.14. The summed E-state index contributed by atoms with van der Waals surface area (Å²) < 4.78 is 24.7. The lowest BCUT2D eigenvalue weighted by Gasteiger charge is -2.32. The van der Waals surface area contributed by atoms with Crippen LogP contribution in [0.25, 0.3) is 0 Å². The number of carbonyl (C=O) groups excluding carboxylic acids is 1. The third-order valence-electron chi connectivity index (χ3n) is 5.52. The highest BCUT2D eigenvalue weighted by molar-refractivity contribution is 7.88. The van der Waals surface area contributed by atoms with Gasteiger partial charge in [0, 0.05) is 32.6 Å². The maximum atomic E-state index is 12.5. The average molecular weight is 365 g/mol. The van der Waals surface area contributed by atoms with E-state index in [9.17, 15) is 13.2 Å². The van der Waals surface area contributed by atoms with E-state index >= 15 is 0 Å². The first-order valence-corrected chi connectivity index (χ1v) is 11.0. The highest BCUT2D eigenvalue weighted by Gasteiger charge is 2.31. The number of hydrogen-bond donors (Lipinski definition) is 0. The number of amides is 1. The molecule has 138 valence electrons. The number of nitrogens with zero attached hydrogens (tertiary/aromatic N) is 2. The van der Waals surface area contributed by atoms with E-state index in [4.69, 9.17) is 0 Å². The molecule has 1 aromatic carbocycles. The van der Waals surface area contributed by atoms with Crippen molar-refractivity contribution < 1.29 is 13.2 Å². The molecule has 5 nitrogen and oxygen atoms in total. The lowest BCUT2D eigenvalue weighted by molar-refractivity contribution is -0.133. The molecule has 0 aromatic heterocycles. The van der Waals surface area contributed by atoms with Gasteiger partial charge in [0.25, 0.3) is 0 Å². The van der Waals surface area contributed by atoms with E-state index in [0.717, 1.165) is 38.8 Å². The van der Waals surface area contributed by atoms with E-state index in [1.165, 1.54) is 16.1 Å². The minimum Gasteiger partial charge on any atom is -0.343 e. The minimum atomic E-state index is -3.12. The first-order chi connectivity index (χ1) is 11.9. The van der Waals surface area contributed by atoms with Crippen molar-refractivity contribution in [2.24, 2.45) is 11.8 Å². The van der Waals surface area contributed by atoms with Gasteiger partial charge in [-0.05, 0) is 43.1 Å². The Kier molecular flexibility index (Phi) is 5.79. The molecule has 2 aliphatic heterocycles. The minimum absolute atomic E-state index is 0.171. The number of piperidine rings is 1. The lowest BCUT2D eigenvalue weighted by atomic mass is 9.90. The third kappa shape index (κ3) is 5.05. The summed E-state index contributed by atoms with van der Waals surface area (Å²) >= 11 is 0. The number of sulfonamides is 1. The molecule has 2 saturated heterocycles. The summed E-state index contributed by atoms with van der Waals surface area (Å²) in [5, 5.41) is 0. The summed E-state index contributed by atoms with van der Waals surface area (Å²) in [6.07, 6.45) is 5.73. The Morgan fingerprint density at radius 3 is 2.28 bits per heavy atom. The van der Waals surface area contributed by atoms with Crippen molar-refractivity contribution >= 4 is 15.9 Å². The first kappa shape index (κ1) is 18.4. The standard InChI is InChI=1S/C19H28N2O3S/c1-25(23,24)21-12-9-18(15-21)14-19(22)20-10-7-17(8-11-20)13-16-5-3-2-4-6-16/h2-6,17-18H,7-15H2,1H3. The summed E-state index contributed by atoms with van der Waals surface area (Å²) in [7, 11) is -3.12. The van der Waals surface area contributed by atoms with Crippen LogP contribution in [0.5, 0.6) is 0 Å². The molecular weight excluding hydrogens is 336 g/mol. The first-order valence-electron chi connectivity index (χ1n) is 9.18. The van der Waals surface area contributed by atoms with E-state index in [1.54, 1.807) is 0 Å². The Balaban J connectivity index is 1.43. The van der Waals surface area contributed by atoms with E-state index in [1.807, 2.05) is 11.0 Å². The molecule has 1 aromatic rings. The highest BCUT2D eigenvalue weighted by atomic mass is 32.2. The smallest absolute Gasteiger partial charge is 0.222 e. The Bertz CT molecular complexity index is 682. The highest BCUT2D eigenvalue weighted by Crippen LogP contribution is 2.25. The van der Waals surface area contributed by atoms with Crippen molar-refractivity contribution in [2.45, 2.75) is 32.1 Å². The largest absolute Gasteiger partial charge is 0.343 e. The van der Waals surface area contributed by atoms with Crippen LogP contribution in [-0.4, -0.2) is 56.0 Å². The van der Waals surface area contributed by atoms with Gasteiger partial charge in [-0.25, -0.2) is 12.7 Å². The fraction of sp³-hybridized carbons (Fsp3) is 0.632. The van der Waals surface area contributed by atoms with Crippen molar-refractivity contribution in [1.29, 1.82) is 0 Å². The van der Waals surface area contributed by atoms with Gasteiger partial charge < -0.3 is 4.90 Å². The zero-order valence-electron chi connectivity index (χ0n) is 14.9. The molecule has 2 fully saturated rings. The molecule has 25 heavy (non-hydrogen) atoms. The maximum absolute atomic E-state index is 12.5. The summed E-state index contributed by atoms with van der Waals surface area (Å²) in [6.45, 7) is 2.71. The Hall–Kier alpha value is -1.40. The molecule has 2 aliphatic rings. The van der Waals surface area contributed by atoms with Crippen LogP contribution < -0.4 is 0 Å². The molecule has 6 heteroatoms. The topological polar surface area (TPSA) is 57.7 Å². The molecule has 0 bridgehead atoms. The average Bonchev–Trinajstić information content (AvgIpc) is 3.05. The molecule has 0 saturated carbocycles. The third-order valence-corrected chi connectivity index (χ3v) is 6.79. The van der Waals surface area contributed by atoms with Crippen molar-refractivity contribution in [3.8, 4) is 0 Å². The van der Waals surface area contributed by atoms with Crippen molar-refractivity contribution in [1.82, 2.24) is 9.21 Å². The molecule has 2 heterocycles. The van der Waals surface area contributed by atoms with Gasteiger partial charge in [-0.15, -0.1) is 0 Å². The lowest BCUT2D eigenvalue weighted by Crippen LogP contribution is -2.39. The van der Waals surface area contributed by atoms with Gasteiger partial charge in [-0.1, -0.05) is 30.3 Å². The van der Waals surface area contributed by atoms with Gasteiger partial charge >= 0.3 is 0 Å². The van der Waals surface area contributed by atoms with E-state index in [0.29, 0.717) is 25.4 Å². The second-order valence-corrected chi connectivity index (χ2v) is 9.48. The van der Waals surface area contributed by atoms with Crippen LogP contribution in [0.15, 0.2) is 30.3 Å². The molecule has 0 N–H and O–H groups in total. The summed E-state index contributed by atoms with van der Waals surface area (Å²) in [4.78, 5) is 14.5. The van der Waals surface area contributed by atoms with Gasteiger partial charge in [-0.3, -0.25) is 4.79 Å². The number of benzene rings is 1. The Morgan fingerprint density at radius 1 is 1.04 bits per heavy atom. The van der Waals surface area contributed by atoms with Gasteiger partial charge in [0.15, 0.2) is 0 Å². The SMILES string of the molecule is CS(=O)(=O)N1CCC(CC(=O)N2CCC(Cc3ccccc3)CC2)C1. The van der Waals surface area contributed by atoms with Crippen LogP contribution >= 0.6 is 0 Å². The number of carbonyl (C=O) groups is 1. The van der Waals surface area contributed by atoms with Crippen molar-refractivity contribution in [3.63, 3.8) is 0 Å². The zero-order chi connectivity index (χ0) is 17.9. The van der Waals surface area contributed by atoms with Crippen LogP contribution in [-0.2, 0) is 21.2 Å². The van der Waals surface area contributed by atoms with E-state index in [-0.39, 0.29) is 11.8 Å². The normalized spacial score (nSPS) is 23.1. The van der Waals surface area contributed by atoms with Gasteiger partial charge in [-0.2, -0.15) is 0 Å². The Labute approximate surface area is 151 Å². The van der Waals surface area contributed by atoms with Crippen LogP contribution in [0.1, 0.15) is 31.2 Å². The number of hydrogen-bond acceptors (Lipinski definition) is 3. The molecule has 3 rings (SSSR count). The summed E-state index contributed by atoms with van der Waals surface area (Å²) in [5.74, 6) is 1.02. The van der Waals surface area contributed by atoms with Crippen molar-refractivity contribution in [3.05, 3.63) is 35.9 Å². The summed E-state index contributed by atoms with van der Waals surface area (Å²) in [6, 6.07) is 10.5. The van der Waals surface area contributed by atoms with Gasteiger partial charge in [0.1, 0.15) is 0 Å². The van der Waals surface area contributed by atoms with E-state index in [2.05, 4.69) is 24.3 Å². The number of rotatable bonds is 5. The maximum Gasteiger partial charge on any atom is 0.222 e. The van der Waals surface area contributed by atoms with Crippen LogP contribution in [0.4, 0.5) is 0 Å². The van der Waals surface area contributed by atoms with Gasteiger partial charge in [0.05, 0.1) is 6.26 Å². The van der Waals surface area contributed by atoms with Crippen LogP contribution in [0.2, 0.25) is 0 Å². The molecule has 0 spiro atoms. The fourth-order valence-electron chi connectivity index (χ4n) is 3.97. The van der Waals surface area contributed by atoms with Gasteiger partial charge in [0.2, 0.25) is 15.9 Å². The van der Waals surface area contributed by atoms with Crippen LogP contribution in [0, 0.1) is 11.8 Å². The van der Waals surface area contributed by atoms with Crippen molar-refractivity contribution in [2.75, 3.05) is 32.4 Å². The van der Waals surface area contributed by atoms with Crippen LogP contribution in [0.3, 0.4) is 0 Å². The molecular formula is C19H28N2O3S. The molecule has 1 atom stereocenters. The second kappa shape index (κ2) is 7.87. The quantitative estimate of drug-likeness (QED) is 0.804. The molecule has 0 radical (unpaired) electrons. The predicted molar refractivity (Wildman–Crippen MR) is 98.6 cm³/mol. The molecule has 0 aliphatic carbocycles. The zero-order valence-corrected chi connectivity index (χ0v) is 15.7. The molecule has 1 unspecified atom stereocenters. The number of likely N-dealkylation sites (tertiary alicyclic amines) is 1.